The zero-order valence-electron chi connectivity index (χ0n) is 12.3. The third kappa shape index (κ3) is 4.19. The second kappa shape index (κ2) is 6.77. The number of carboxylic acids is 1. The van der Waals surface area contributed by atoms with Crippen molar-refractivity contribution in [3.05, 3.63) is 29.8 Å². The van der Waals surface area contributed by atoms with E-state index in [1.807, 2.05) is 0 Å². The highest BCUT2D eigenvalue weighted by molar-refractivity contribution is 5.97. The molecule has 1 heterocycles. The van der Waals surface area contributed by atoms with Crippen molar-refractivity contribution in [3.63, 3.8) is 0 Å². The fourth-order valence-corrected chi connectivity index (χ4v) is 2.22. The van der Waals surface area contributed by atoms with Crippen LogP contribution in [0.25, 0.3) is 0 Å². The third-order valence-corrected chi connectivity index (χ3v) is 3.30. The lowest BCUT2D eigenvalue weighted by Gasteiger charge is -2.33. The molecule has 2 amide bonds. The average Bonchev–Trinajstić information content (AvgIpc) is 2.48. The number of benzene rings is 1. The van der Waals surface area contributed by atoms with Gasteiger partial charge in [-0.2, -0.15) is 0 Å². The minimum absolute atomic E-state index is 0.0794. The highest BCUT2D eigenvalue weighted by Gasteiger charge is 2.28. The van der Waals surface area contributed by atoms with E-state index < -0.39 is 5.97 Å². The lowest BCUT2D eigenvalue weighted by molar-refractivity contribution is -0.146. The van der Waals surface area contributed by atoms with Gasteiger partial charge in [-0.3, -0.25) is 14.4 Å². The molecule has 1 aliphatic rings. The molecule has 1 aromatic carbocycles. The first-order valence-corrected chi connectivity index (χ1v) is 6.85. The number of nitrogens with zero attached hydrogens (tertiary/aromatic N) is 3. The summed E-state index contributed by atoms with van der Waals surface area (Å²) in [4.78, 5) is 41.3. The molecule has 0 aliphatic carbocycles. The monoisotopic (exact) mass is 319 g/mol. The van der Waals surface area contributed by atoms with Crippen molar-refractivity contribution < 1.29 is 19.5 Å². The molecular weight excluding hydrogens is 302 g/mol. The van der Waals surface area contributed by atoms with Gasteiger partial charge in [0.05, 0.1) is 5.69 Å². The number of rotatable bonds is 4. The number of carbonyl (C=O) groups excluding carboxylic acids is 2. The number of aliphatic carboxylic acids is 1. The third-order valence-electron chi connectivity index (χ3n) is 3.30. The van der Waals surface area contributed by atoms with Gasteiger partial charge in [-0.1, -0.05) is 0 Å². The quantitative estimate of drug-likeness (QED) is 0.478. The van der Waals surface area contributed by atoms with E-state index in [1.54, 1.807) is 24.3 Å². The van der Waals surface area contributed by atoms with E-state index in [-0.39, 0.29) is 44.0 Å². The summed E-state index contributed by atoms with van der Waals surface area (Å²) in [5.41, 5.74) is 11.5. The van der Waals surface area contributed by atoms with Crippen LogP contribution in [0.1, 0.15) is 10.4 Å². The molecule has 0 unspecified atom stereocenters. The van der Waals surface area contributed by atoms with E-state index in [2.05, 4.69) is 4.99 Å². The summed E-state index contributed by atoms with van der Waals surface area (Å²) in [5.74, 6) is -1.84. The molecule has 1 fully saturated rings. The smallest absolute Gasteiger partial charge is 0.323 e. The molecule has 0 bridgehead atoms. The highest BCUT2D eigenvalue weighted by Crippen LogP contribution is 2.15. The van der Waals surface area contributed by atoms with Crippen LogP contribution in [0.4, 0.5) is 5.69 Å². The SMILES string of the molecule is NC(N)=Nc1ccc(C(=O)N2CCN(CC(=O)O)C(=O)C2)cc1. The van der Waals surface area contributed by atoms with Crippen molar-refractivity contribution in [2.24, 2.45) is 16.5 Å². The predicted octanol–water partition coefficient (Wildman–Crippen LogP) is -1.04. The normalized spacial score (nSPS) is 14.5. The van der Waals surface area contributed by atoms with Crippen molar-refractivity contribution in [1.82, 2.24) is 9.80 Å². The molecule has 0 spiro atoms. The van der Waals surface area contributed by atoms with E-state index in [1.165, 1.54) is 9.80 Å². The molecule has 0 radical (unpaired) electrons. The first-order chi connectivity index (χ1) is 10.9. The number of hydrogen-bond acceptors (Lipinski definition) is 4. The van der Waals surface area contributed by atoms with Crippen molar-refractivity contribution in [3.8, 4) is 0 Å². The minimum atomic E-state index is -1.08. The van der Waals surface area contributed by atoms with Gasteiger partial charge in [0.1, 0.15) is 13.1 Å². The minimum Gasteiger partial charge on any atom is -0.480 e. The van der Waals surface area contributed by atoms with Gasteiger partial charge < -0.3 is 26.4 Å². The Kier molecular flexibility index (Phi) is 4.79. The summed E-state index contributed by atoms with van der Waals surface area (Å²) in [5, 5.41) is 8.72. The van der Waals surface area contributed by atoms with Crippen LogP contribution in [-0.4, -0.2) is 64.8 Å². The van der Waals surface area contributed by atoms with Crippen LogP contribution in [0.3, 0.4) is 0 Å². The summed E-state index contributed by atoms with van der Waals surface area (Å²) < 4.78 is 0. The van der Waals surface area contributed by atoms with Crippen LogP contribution >= 0.6 is 0 Å². The molecule has 1 aliphatic heterocycles. The average molecular weight is 319 g/mol. The molecule has 2 rings (SSSR count). The molecule has 9 nitrogen and oxygen atoms in total. The Morgan fingerprint density at radius 1 is 1.17 bits per heavy atom. The van der Waals surface area contributed by atoms with Crippen molar-refractivity contribution in [2.75, 3.05) is 26.2 Å². The first kappa shape index (κ1) is 16.3. The number of piperazine rings is 1. The Hall–Kier alpha value is -3.10. The molecule has 1 aromatic rings. The van der Waals surface area contributed by atoms with Gasteiger partial charge in [-0.05, 0) is 24.3 Å². The van der Waals surface area contributed by atoms with Gasteiger partial charge in [0.2, 0.25) is 5.91 Å². The van der Waals surface area contributed by atoms with Crippen LogP contribution < -0.4 is 11.5 Å². The maximum Gasteiger partial charge on any atom is 0.323 e. The van der Waals surface area contributed by atoms with Gasteiger partial charge in [0.25, 0.3) is 5.91 Å². The van der Waals surface area contributed by atoms with Gasteiger partial charge in [0, 0.05) is 18.7 Å². The summed E-state index contributed by atoms with van der Waals surface area (Å²) in [6.07, 6.45) is 0. The van der Waals surface area contributed by atoms with Crippen molar-refractivity contribution in [2.45, 2.75) is 0 Å². The Morgan fingerprint density at radius 3 is 2.35 bits per heavy atom. The van der Waals surface area contributed by atoms with Crippen LogP contribution in [0.5, 0.6) is 0 Å². The van der Waals surface area contributed by atoms with Crippen LogP contribution in [-0.2, 0) is 9.59 Å². The predicted molar refractivity (Wildman–Crippen MR) is 82.0 cm³/mol. The zero-order chi connectivity index (χ0) is 17.0. The lowest BCUT2D eigenvalue weighted by atomic mass is 10.1. The van der Waals surface area contributed by atoms with E-state index in [9.17, 15) is 14.4 Å². The van der Waals surface area contributed by atoms with Crippen LogP contribution in [0.15, 0.2) is 29.3 Å². The highest BCUT2D eigenvalue weighted by atomic mass is 16.4. The van der Waals surface area contributed by atoms with E-state index in [0.29, 0.717) is 11.3 Å². The largest absolute Gasteiger partial charge is 0.480 e. The Bertz CT molecular complexity index is 652. The lowest BCUT2D eigenvalue weighted by Crippen LogP contribution is -2.53. The second-order valence-corrected chi connectivity index (χ2v) is 5.02. The van der Waals surface area contributed by atoms with Crippen LogP contribution in [0, 0.1) is 0 Å². The van der Waals surface area contributed by atoms with E-state index in [4.69, 9.17) is 16.6 Å². The standard InChI is InChI=1S/C14H17N5O4/c15-14(16)17-10-3-1-9(2-4-10)13(23)19-6-5-18(8-12(21)22)11(20)7-19/h1-4H,5-8H2,(H,21,22)(H4,15,16,17). The van der Waals surface area contributed by atoms with Gasteiger partial charge in [0.15, 0.2) is 5.96 Å². The number of aliphatic imine (C=N–C) groups is 1. The molecule has 122 valence electrons. The summed E-state index contributed by atoms with van der Waals surface area (Å²) in [6, 6.07) is 6.32. The fraction of sp³-hybridized carbons (Fsp3) is 0.286. The van der Waals surface area contributed by atoms with E-state index >= 15 is 0 Å². The first-order valence-electron chi connectivity index (χ1n) is 6.85. The van der Waals surface area contributed by atoms with Crippen molar-refractivity contribution in [1.29, 1.82) is 0 Å². The van der Waals surface area contributed by atoms with Gasteiger partial charge in [-0.15, -0.1) is 0 Å². The van der Waals surface area contributed by atoms with Crippen LogP contribution in [0.2, 0.25) is 0 Å². The number of carboxylic acid groups (broad SMARTS) is 1. The van der Waals surface area contributed by atoms with E-state index in [0.717, 1.165) is 0 Å². The number of carbonyl (C=O) groups is 3. The Morgan fingerprint density at radius 2 is 1.83 bits per heavy atom. The fourth-order valence-electron chi connectivity index (χ4n) is 2.22. The molecule has 1 saturated heterocycles. The molecule has 0 saturated carbocycles. The molecule has 0 atom stereocenters. The summed E-state index contributed by atoms with van der Waals surface area (Å²) in [6.45, 7) is -0.00763. The summed E-state index contributed by atoms with van der Waals surface area (Å²) in [7, 11) is 0. The second-order valence-electron chi connectivity index (χ2n) is 5.02. The number of amides is 2. The molecular formula is C14H17N5O4. The number of guanidine groups is 1. The molecule has 23 heavy (non-hydrogen) atoms. The zero-order valence-corrected chi connectivity index (χ0v) is 12.3. The molecule has 9 heteroatoms. The maximum absolute atomic E-state index is 12.4. The Labute approximate surface area is 132 Å². The number of nitrogens with two attached hydrogens (primary N) is 2. The van der Waals surface area contributed by atoms with Crippen molar-refractivity contribution >= 4 is 29.4 Å². The maximum atomic E-state index is 12.4. The molecule has 5 N–H and O–H groups in total. The molecule has 0 aromatic heterocycles. The topological polar surface area (TPSA) is 142 Å². The summed E-state index contributed by atoms with van der Waals surface area (Å²) >= 11 is 0. The van der Waals surface area contributed by atoms with Gasteiger partial charge in [-0.25, -0.2) is 4.99 Å². The number of hydrogen-bond donors (Lipinski definition) is 3. The Balaban J connectivity index is 2.03. The van der Waals surface area contributed by atoms with Gasteiger partial charge >= 0.3 is 5.97 Å².